The van der Waals surface area contributed by atoms with E-state index >= 15 is 0 Å². The number of fused-ring (bicyclic) bond motifs is 1. The van der Waals surface area contributed by atoms with Crippen molar-refractivity contribution >= 4 is 35.0 Å². The summed E-state index contributed by atoms with van der Waals surface area (Å²) in [6, 6.07) is 11.1. The van der Waals surface area contributed by atoms with E-state index < -0.39 is 17.5 Å². The second-order valence-electron chi connectivity index (χ2n) is 8.02. The molecule has 0 saturated carbocycles. The smallest absolute Gasteiger partial charge is 0.295 e. The van der Waals surface area contributed by atoms with Crippen LogP contribution in [0.15, 0.2) is 47.3 Å². The third-order valence-electron chi connectivity index (χ3n) is 5.78. The third-order valence-corrected chi connectivity index (χ3v) is 6.70. The molecule has 1 aliphatic heterocycles. The molecule has 1 N–H and O–H groups in total. The second kappa shape index (κ2) is 9.84. The fourth-order valence-electron chi connectivity index (χ4n) is 4.10. The first-order valence-electron chi connectivity index (χ1n) is 10.8. The molecule has 4 rings (SSSR count). The minimum absolute atomic E-state index is 0.0499. The van der Waals surface area contributed by atoms with E-state index in [1.54, 1.807) is 30.8 Å². The topological polar surface area (TPSA) is 76.3 Å². The van der Waals surface area contributed by atoms with Gasteiger partial charge in [0.2, 0.25) is 11.8 Å². The number of aryl methyl sites for hydroxylation is 1. The van der Waals surface area contributed by atoms with Crippen molar-refractivity contribution < 1.29 is 18.4 Å². The van der Waals surface area contributed by atoms with Gasteiger partial charge in [0.25, 0.3) is 5.56 Å². The maximum absolute atomic E-state index is 14.3. The van der Waals surface area contributed by atoms with E-state index in [4.69, 9.17) is 0 Å². The number of halogens is 2. The molecule has 7 nitrogen and oxygen atoms in total. The number of benzene rings is 2. The number of aromatic nitrogens is 2. The van der Waals surface area contributed by atoms with Crippen LogP contribution in [-0.2, 0) is 23.1 Å². The molecular formula is C24H24F2N4O3S. The van der Waals surface area contributed by atoms with Crippen molar-refractivity contribution in [2.24, 2.45) is 7.05 Å². The SMILES string of the molecule is Cc1c(NC(=O)CSCC(=O)N2CCCc3cc(F)cc(F)c32)c(=O)n(-c2ccccc2)n1C. The van der Waals surface area contributed by atoms with Gasteiger partial charge in [-0.3, -0.25) is 19.1 Å². The van der Waals surface area contributed by atoms with E-state index in [1.807, 2.05) is 18.2 Å². The van der Waals surface area contributed by atoms with Gasteiger partial charge < -0.3 is 10.2 Å². The summed E-state index contributed by atoms with van der Waals surface area (Å²) in [4.78, 5) is 39.4. The fraction of sp³-hybridized carbons (Fsp3) is 0.292. The lowest BCUT2D eigenvalue weighted by molar-refractivity contribution is -0.116. The van der Waals surface area contributed by atoms with E-state index in [-0.39, 0.29) is 34.3 Å². The van der Waals surface area contributed by atoms with Crippen molar-refractivity contribution in [1.82, 2.24) is 9.36 Å². The normalized spacial score (nSPS) is 13.0. The van der Waals surface area contributed by atoms with Crippen molar-refractivity contribution in [1.29, 1.82) is 0 Å². The minimum Gasteiger partial charge on any atom is -0.319 e. The molecule has 0 bridgehead atoms. The number of nitrogens with zero attached hydrogens (tertiary/aromatic N) is 3. The molecule has 0 spiro atoms. The van der Waals surface area contributed by atoms with Crippen LogP contribution in [0, 0.1) is 18.6 Å². The van der Waals surface area contributed by atoms with Crippen LogP contribution >= 0.6 is 11.8 Å². The average molecular weight is 487 g/mol. The highest BCUT2D eigenvalue weighted by molar-refractivity contribution is 8.00. The van der Waals surface area contributed by atoms with Gasteiger partial charge in [-0.1, -0.05) is 18.2 Å². The van der Waals surface area contributed by atoms with Crippen LogP contribution in [0.4, 0.5) is 20.2 Å². The number of thioether (sulfide) groups is 1. The quantitative estimate of drug-likeness (QED) is 0.580. The Bertz CT molecular complexity index is 1300. The highest BCUT2D eigenvalue weighted by atomic mass is 32.2. The second-order valence-corrected chi connectivity index (χ2v) is 9.01. The number of amides is 2. The van der Waals surface area contributed by atoms with E-state index in [2.05, 4.69) is 5.32 Å². The highest BCUT2D eigenvalue weighted by Gasteiger charge is 2.27. The molecule has 3 aromatic rings. The summed E-state index contributed by atoms with van der Waals surface area (Å²) >= 11 is 1.07. The number of hydrogen-bond acceptors (Lipinski definition) is 4. The number of para-hydroxylation sites is 1. The predicted molar refractivity (Wildman–Crippen MR) is 129 cm³/mol. The molecule has 0 atom stereocenters. The lowest BCUT2D eigenvalue weighted by Gasteiger charge is -2.29. The van der Waals surface area contributed by atoms with Crippen LogP contribution in [0.2, 0.25) is 0 Å². The van der Waals surface area contributed by atoms with Gasteiger partial charge >= 0.3 is 0 Å². The van der Waals surface area contributed by atoms with Crippen LogP contribution in [-0.4, -0.2) is 39.2 Å². The van der Waals surface area contributed by atoms with E-state index in [9.17, 15) is 23.2 Å². The lowest BCUT2D eigenvalue weighted by atomic mass is 10.0. The van der Waals surface area contributed by atoms with Gasteiger partial charge in [-0.05, 0) is 43.5 Å². The molecule has 10 heteroatoms. The average Bonchev–Trinajstić information content (AvgIpc) is 3.02. The molecule has 1 aliphatic rings. The Balaban J connectivity index is 1.39. The number of hydrogen-bond donors (Lipinski definition) is 1. The Kier molecular flexibility index (Phi) is 6.87. The molecule has 34 heavy (non-hydrogen) atoms. The number of rotatable bonds is 6. The number of anilines is 2. The number of carbonyl (C=O) groups excluding carboxylic acids is 2. The Morgan fingerprint density at radius 1 is 1.12 bits per heavy atom. The Morgan fingerprint density at radius 2 is 1.85 bits per heavy atom. The molecule has 0 saturated heterocycles. The van der Waals surface area contributed by atoms with Crippen LogP contribution in [0.25, 0.3) is 5.69 Å². The van der Waals surface area contributed by atoms with Gasteiger partial charge in [0, 0.05) is 19.7 Å². The largest absolute Gasteiger partial charge is 0.319 e. The summed E-state index contributed by atoms with van der Waals surface area (Å²) in [5, 5.41) is 2.65. The number of nitrogens with one attached hydrogen (secondary N) is 1. The molecule has 2 heterocycles. The molecule has 178 valence electrons. The van der Waals surface area contributed by atoms with Gasteiger partial charge in [0.05, 0.1) is 28.6 Å². The van der Waals surface area contributed by atoms with Crippen molar-refractivity contribution in [3.05, 3.63) is 75.7 Å². The van der Waals surface area contributed by atoms with Crippen molar-refractivity contribution in [2.45, 2.75) is 19.8 Å². The molecule has 0 radical (unpaired) electrons. The maximum Gasteiger partial charge on any atom is 0.295 e. The van der Waals surface area contributed by atoms with Gasteiger partial charge in [-0.15, -0.1) is 11.8 Å². The van der Waals surface area contributed by atoms with Gasteiger partial charge in [-0.2, -0.15) is 0 Å². The molecule has 0 aliphatic carbocycles. The van der Waals surface area contributed by atoms with Gasteiger partial charge in [0.15, 0.2) is 0 Å². The zero-order valence-electron chi connectivity index (χ0n) is 18.8. The number of carbonyl (C=O) groups is 2. The zero-order chi connectivity index (χ0) is 24.4. The van der Waals surface area contributed by atoms with E-state index in [0.29, 0.717) is 36.3 Å². The monoisotopic (exact) mass is 486 g/mol. The summed E-state index contributed by atoms with van der Waals surface area (Å²) in [6.45, 7) is 2.07. The van der Waals surface area contributed by atoms with Gasteiger partial charge in [-0.25, -0.2) is 13.5 Å². The summed E-state index contributed by atoms with van der Waals surface area (Å²) in [5.41, 5.74) is 1.67. The predicted octanol–water partition coefficient (Wildman–Crippen LogP) is 3.41. The lowest BCUT2D eigenvalue weighted by Crippen LogP contribution is -2.37. The minimum atomic E-state index is -0.764. The highest BCUT2D eigenvalue weighted by Crippen LogP contribution is 2.31. The Morgan fingerprint density at radius 3 is 2.59 bits per heavy atom. The fourth-order valence-corrected chi connectivity index (χ4v) is 4.79. The van der Waals surface area contributed by atoms with Gasteiger partial charge in [0.1, 0.15) is 17.3 Å². The Hall–Kier alpha value is -3.40. The third kappa shape index (κ3) is 4.63. The summed E-state index contributed by atoms with van der Waals surface area (Å²) < 4.78 is 31.0. The molecule has 2 amide bonds. The molecule has 1 aromatic heterocycles. The first-order chi connectivity index (χ1) is 16.3. The molecule has 2 aromatic carbocycles. The first kappa shape index (κ1) is 23.7. The standard InChI is InChI=1S/C24H24F2N4O3S/c1-15-22(24(33)30(28(15)2)18-8-4-3-5-9-18)27-20(31)13-34-14-21(32)29-10-6-7-16-11-17(25)12-19(26)23(16)29/h3-5,8-9,11-12H,6-7,10,13-14H2,1-2H3,(H,27,31). The van der Waals surface area contributed by atoms with Crippen LogP contribution in [0.1, 0.15) is 17.7 Å². The van der Waals surface area contributed by atoms with E-state index in [1.165, 1.54) is 15.6 Å². The first-order valence-corrected chi connectivity index (χ1v) is 11.9. The zero-order valence-corrected chi connectivity index (χ0v) is 19.6. The summed E-state index contributed by atoms with van der Waals surface area (Å²) in [5.74, 6) is -2.31. The van der Waals surface area contributed by atoms with Crippen molar-refractivity contribution in [3.8, 4) is 5.69 Å². The van der Waals surface area contributed by atoms with Crippen molar-refractivity contribution in [2.75, 3.05) is 28.3 Å². The molecule has 0 fully saturated rings. The van der Waals surface area contributed by atoms with Crippen LogP contribution in [0.5, 0.6) is 0 Å². The molecule has 0 unspecified atom stereocenters. The van der Waals surface area contributed by atoms with Crippen LogP contribution in [0.3, 0.4) is 0 Å². The van der Waals surface area contributed by atoms with E-state index in [0.717, 1.165) is 17.8 Å². The molecular weight excluding hydrogens is 462 g/mol. The summed E-state index contributed by atoms with van der Waals surface area (Å²) in [7, 11) is 1.73. The maximum atomic E-state index is 14.3. The Labute approximate surface area is 199 Å². The van der Waals surface area contributed by atoms with Crippen molar-refractivity contribution in [3.63, 3.8) is 0 Å². The van der Waals surface area contributed by atoms with Crippen LogP contribution < -0.4 is 15.8 Å². The summed E-state index contributed by atoms with van der Waals surface area (Å²) in [6.07, 6.45) is 1.11.